The molecular weight excluding hydrogens is 342 g/mol. The Hall–Kier alpha value is -3.03. The second-order valence-electron chi connectivity index (χ2n) is 6.21. The van der Waals surface area contributed by atoms with Gasteiger partial charge in [-0.25, -0.2) is 0 Å². The first-order chi connectivity index (χ1) is 13.2. The molecule has 1 atom stereocenters. The van der Waals surface area contributed by atoms with Crippen molar-refractivity contribution < 1.29 is 9.90 Å². The lowest BCUT2D eigenvalue weighted by molar-refractivity contribution is -0.116. The third-order valence-electron chi connectivity index (χ3n) is 4.10. The van der Waals surface area contributed by atoms with Crippen LogP contribution in [0.4, 0.5) is 5.69 Å². The van der Waals surface area contributed by atoms with Gasteiger partial charge in [-0.05, 0) is 42.8 Å². The topological polar surface area (TPSA) is 92.1 Å². The highest BCUT2D eigenvalue weighted by atomic mass is 16.3. The number of hydrogen-bond acceptors (Lipinski definition) is 5. The third kappa shape index (κ3) is 6.02. The smallest absolute Gasteiger partial charge is 0.246 e. The van der Waals surface area contributed by atoms with Crippen molar-refractivity contribution in [2.24, 2.45) is 0 Å². The Morgan fingerprint density at radius 2 is 2.00 bits per heavy atom. The van der Waals surface area contributed by atoms with Crippen LogP contribution >= 0.6 is 0 Å². The molecule has 3 rings (SSSR count). The van der Waals surface area contributed by atoms with Gasteiger partial charge in [0, 0.05) is 42.6 Å². The second-order valence-corrected chi connectivity index (χ2v) is 6.21. The lowest BCUT2D eigenvalue weighted by Gasteiger charge is -2.12. The molecule has 1 amide bonds. The van der Waals surface area contributed by atoms with E-state index in [1.807, 2.05) is 36.4 Å². The van der Waals surface area contributed by atoms with E-state index in [1.54, 1.807) is 35.5 Å². The summed E-state index contributed by atoms with van der Waals surface area (Å²) >= 11 is 0. The minimum absolute atomic E-state index is 0.113. The standard InChI is InChI=1S/C20H23N5O2/c26-19(17-3-1-9-21-13-17)14-22-11-8-16-4-6-18(7-5-16)24-20(27)15-25-12-2-10-23-25/h1-7,9-10,12-13,19,22,26H,8,11,14-15H2,(H,24,27)/t19-/m0/s1. The second kappa shape index (κ2) is 9.61. The number of rotatable bonds is 9. The molecule has 7 heteroatoms. The number of carbonyl (C=O) groups is 1. The molecule has 7 nitrogen and oxygen atoms in total. The van der Waals surface area contributed by atoms with E-state index in [9.17, 15) is 9.90 Å². The molecule has 0 saturated carbocycles. The van der Waals surface area contributed by atoms with E-state index >= 15 is 0 Å². The summed E-state index contributed by atoms with van der Waals surface area (Å²) in [6.07, 6.45) is 7.03. The van der Waals surface area contributed by atoms with Gasteiger partial charge < -0.3 is 15.7 Å². The van der Waals surface area contributed by atoms with E-state index in [0.717, 1.165) is 29.8 Å². The van der Waals surface area contributed by atoms with Crippen molar-refractivity contribution in [1.82, 2.24) is 20.1 Å². The average molecular weight is 365 g/mol. The Kier molecular flexibility index (Phi) is 6.67. The fraction of sp³-hybridized carbons (Fsp3) is 0.250. The summed E-state index contributed by atoms with van der Waals surface area (Å²) in [6, 6.07) is 13.2. The van der Waals surface area contributed by atoms with E-state index in [1.165, 1.54) is 0 Å². The number of hydrogen-bond donors (Lipinski definition) is 3. The van der Waals surface area contributed by atoms with E-state index in [0.29, 0.717) is 6.54 Å². The summed E-state index contributed by atoms with van der Waals surface area (Å²) in [5, 5.41) is 20.2. The highest BCUT2D eigenvalue weighted by Crippen LogP contribution is 2.11. The number of aromatic nitrogens is 3. The number of aliphatic hydroxyl groups excluding tert-OH is 1. The van der Waals surface area contributed by atoms with Crippen LogP contribution in [-0.2, 0) is 17.8 Å². The Morgan fingerprint density at radius 3 is 2.70 bits per heavy atom. The van der Waals surface area contributed by atoms with Crippen molar-refractivity contribution in [1.29, 1.82) is 0 Å². The molecule has 0 spiro atoms. The highest BCUT2D eigenvalue weighted by Gasteiger charge is 2.07. The van der Waals surface area contributed by atoms with Gasteiger partial charge in [-0.3, -0.25) is 14.5 Å². The summed E-state index contributed by atoms with van der Waals surface area (Å²) in [4.78, 5) is 16.0. The fourth-order valence-electron chi connectivity index (χ4n) is 2.66. The van der Waals surface area contributed by atoms with Crippen LogP contribution in [0.25, 0.3) is 0 Å². The van der Waals surface area contributed by atoms with Gasteiger partial charge in [0.1, 0.15) is 6.54 Å². The molecule has 0 aliphatic carbocycles. The predicted molar refractivity (Wildman–Crippen MR) is 103 cm³/mol. The van der Waals surface area contributed by atoms with Gasteiger partial charge in [0.05, 0.1) is 6.10 Å². The molecule has 27 heavy (non-hydrogen) atoms. The number of benzene rings is 1. The molecule has 0 aliphatic rings. The summed E-state index contributed by atoms with van der Waals surface area (Å²) in [5.41, 5.74) is 2.72. The quantitative estimate of drug-likeness (QED) is 0.503. The van der Waals surface area contributed by atoms with E-state index < -0.39 is 6.10 Å². The van der Waals surface area contributed by atoms with Gasteiger partial charge >= 0.3 is 0 Å². The van der Waals surface area contributed by atoms with Gasteiger partial charge in [0.25, 0.3) is 0 Å². The number of aliphatic hydroxyl groups is 1. The van der Waals surface area contributed by atoms with Crippen molar-refractivity contribution >= 4 is 11.6 Å². The molecule has 3 N–H and O–H groups in total. The van der Waals surface area contributed by atoms with Crippen molar-refractivity contribution in [3.63, 3.8) is 0 Å². The Labute approximate surface area is 158 Å². The maximum absolute atomic E-state index is 11.9. The molecule has 1 aromatic carbocycles. The zero-order valence-corrected chi connectivity index (χ0v) is 15.0. The number of carbonyl (C=O) groups excluding carboxylic acids is 1. The van der Waals surface area contributed by atoms with Crippen molar-refractivity contribution in [3.8, 4) is 0 Å². The molecule has 2 heterocycles. The molecule has 0 saturated heterocycles. The molecule has 0 aliphatic heterocycles. The van der Waals surface area contributed by atoms with Gasteiger partial charge in [-0.1, -0.05) is 18.2 Å². The number of nitrogens with one attached hydrogen (secondary N) is 2. The maximum atomic E-state index is 11.9. The summed E-state index contributed by atoms with van der Waals surface area (Å²) in [7, 11) is 0. The van der Waals surface area contributed by atoms with Crippen molar-refractivity contribution in [2.45, 2.75) is 19.1 Å². The predicted octanol–water partition coefficient (Wildman–Crippen LogP) is 1.78. The minimum Gasteiger partial charge on any atom is -0.387 e. The van der Waals surface area contributed by atoms with Gasteiger partial charge in [0.15, 0.2) is 0 Å². The highest BCUT2D eigenvalue weighted by molar-refractivity contribution is 5.90. The molecule has 2 aromatic heterocycles. The zero-order valence-electron chi connectivity index (χ0n) is 15.0. The molecule has 0 bridgehead atoms. The zero-order chi connectivity index (χ0) is 18.9. The largest absolute Gasteiger partial charge is 0.387 e. The average Bonchev–Trinajstić information content (AvgIpc) is 3.20. The summed E-state index contributed by atoms with van der Waals surface area (Å²) < 4.78 is 1.58. The number of amides is 1. The van der Waals surface area contributed by atoms with Gasteiger partial charge in [0.2, 0.25) is 5.91 Å². The van der Waals surface area contributed by atoms with Crippen LogP contribution in [0.5, 0.6) is 0 Å². The molecule has 140 valence electrons. The lowest BCUT2D eigenvalue weighted by atomic mass is 10.1. The van der Waals surface area contributed by atoms with Crippen molar-refractivity contribution in [2.75, 3.05) is 18.4 Å². The number of pyridine rings is 1. The van der Waals surface area contributed by atoms with E-state index in [4.69, 9.17) is 0 Å². The molecule has 0 fully saturated rings. The summed E-state index contributed by atoms with van der Waals surface area (Å²) in [5.74, 6) is -0.113. The van der Waals surface area contributed by atoms with Crippen molar-refractivity contribution in [3.05, 3.63) is 78.4 Å². The maximum Gasteiger partial charge on any atom is 0.246 e. The van der Waals surface area contributed by atoms with E-state index in [-0.39, 0.29) is 12.5 Å². The normalized spacial score (nSPS) is 11.9. The van der Waals surface area contributed by atoms with Crippen LogP contribution in [0, 0.1) is 0 Å². The molecule has 0 unspecified atom stereocenters. The Balaban J connectivity index is 1.38. The third-order valence-corrected chi connectivity index (χ3v) is 4.10. The van der Waals surface area contributed by atoms with E-state index in [2.05, 4.69) is 20.7 Å². The van der Waals surface area contributed by atoms with Crippen LogP contribution in [-0.4, -0.2) is 38.9 Å². The number of anilines is 1. The fourth-order valence-corrected chi connectivity index (χ4v) is 2.66. The lowest BCUT2D eigenvalue weighted by Crippen LogP contribution is -2.23. The molecule has 3 aromatic rings. The first-order valence-corrected chi connectivity index (χ1v) is 8.85. The Bertz CT molecular complexity index is 819. The number of nitrogens with zero attached hydrogens (tertiary/aromatic N) is 3. The first-order valence-electron chi connectivity index (χ1n) is 8.85. The summed E-state index contributed by atoms with van der Waals surface area (Å²) in [6.45, 7) is 1.42. The first kappa shape index (κ1) is 18.8. The van der Waals surface area contributed by atoms with Crippen LogP contribution in [0.2, 0.25) is 0 Å². The van der Waals surface area contributed by atoms with Crippen LogP contribution < -0.4 is 10.6 Å². The minimum atomic E-state index is -0.564. The monoisotopic (exact) mass is 365 g/mol. The van der Waals surface area contributed by atoms with Crippen LogP contribution in [0.1, 0.15) is 17.2 Å². The Morgan fingerprint density at radius 1 is 1.15 bits per heavy atom. The van der Waals surface area contributed by atoms with Gasteiger partial charge in [-0.2, -0.15) is 5.10 Å². The SMILES string of the molecule is O=C(Cn1cccn1)Nc1ccc(CCNC[C@H](O)c2cccnc2)cc1. The van der Waals surface area contributed by atoms with Crippen LogP contribution in [0.3, 0.4) is 0 Å². The van der Waals surface area contributed by atoms with Gasteiger partial charge in [-0.15, -0.1) is 0 Å². The molecule has 0 radical (unpaired) electrons. The molecular formula is C20H23N5O2. The van der Waals surface area contributed by atoms with Crippen LogP contribution in [0.15, 0.2) is 67.3 Å².